The number of rotatable bonds is 7. The minimum Gasteiger partial charge on any atom is -0.356 e. The molecule has 1 aromatic heterocycles. The summed E-state index contributed by atoms with van der Waals surface area (Å²) >= 11 is 0. The summed E-state index contributed by atoms with van der Waals surface area (Å²) < 4.78 is 39.9. The predicted octanol–water partition coefficient (Wildman–Crippen LogP) is 4.48. The Morgan fingerprint density at radius 1 is 1.03 bits per heavy atom. The fourth-order valence-electron chi connectivity index (χ4n) is 3.02. The number of nitrogens with zero attached hydrogens (tertiary/aromatic N) is 3. The molecule has 0 aliphatic rings. The van der Waals surface area contributed by atoms with Crippen molar-refractivity contribution in [2.24, 2.45) is 4.99 Å². The molecule has 0 unspecified atom stereocenters. The average Bonchev–Trinajstić information content (AvgIpc) is 3.23. The number of benzene rings is 2. The first-order valence-corrected chi connectivity index (χ1v) is 9.58. The Hall–Kier alpha value is -2.56. The molecule has 31 heavy (non-hydrogen) atoms. The van der Waals surface area contributed by atoms with Crippen LogP contribution in [0.4, 0.5) is 13.2 Å². The summed E-state index contributed by atoms with van der Waals surface area (Å²) in [5.74, 6) is 0.641. The molecule has 1 heterocycles. The molecule has 3 rings (SSSR count). The van der Waals surface area contributed by atoms with Gasteiger partial charge < -0.3 is 15.2 Å². The molecule has 0 atom stereocenters. The Morgan fingerprint density at radius 3 is 2.42 bits per heavy atom. The molecule has 3 aromatic rings. The topological polar surface area (TPSA) is 54.2 Å². The highest BCUT2D eigenvalue weighted by atomic mass is 127. The first-order valence-electron chi connectivity index (χ1n) is 9.58. The van der Waals surface area contributed by atoms with Crippen molar-refractivity contribution in [3.63, 3.8) is 0 Å². The van der Waals surface area contributed by atoms with Gasteiger partial charge in [-0.05, 0) is 35.2 Å². The van der Waals surface area contributed by atoms with E-state index in [0.29, 0.717) is 25.5 Å². The van der Waals surface area contributed by atoms with Crippen molar-refractivity contribution in [1.29, 1.82) is 0 Å². The number of alkyl halides is 3. The van der Waals surface area contributed by atoms with Crippen LogP contribution < -0.4 is 10.6 Å². The molecular weight excluding hydrogens is 518 g/mol. The van der Waals surface area contributed by atoms with E-state index in [1.807, 2.05) is 22.9 Å². The summed E-state index contributed by atoms with van der Waals surface area (Å²) in [6.07, 6.45) is 1.75. The predicted molar refractivity (Wildman–Crippen MR) is 127 cm³/mol. The smallest absolute Gasteiger partial charge is 0.356 e. The van der Waals surface area contributed by atoms with Crippen molar-refractivity contribution in [2.75, 3.05) is 13.6 Å². The molecule has 0 bridgehead atoms. The highest BCUT2D eigenvalue weighted by molar-refractivity contribution is 14.0. The summed E-state index contributed by atoms with van der Waals surface area (Å²) in [6.45, 7) is 1.93. The van der Waals surface area contributed by atoms with E-state index in [2.05, 4.69) is 32.7 Å². The van der Waals surface area contributed by atoms with Crippen LogP contribution in [0.2, 0.25) is 0 Å². The number of hydrogen-bond acceptors (Lipinski definition) is 2. The Morgan fingerprint density at radius 2 is 1.77 bits per heavy atom. The van der Waals surface area contributed by atoms with Gasteiger partial charge in [-0.1, -0.05) is 36.4 Å². The van der Waals surface area contributed by atoms with Crippen LogP contribution in [-0.2, 0) is 25.7 Å². The van der Waals surface area contributed by atoms with Crippen LogP contribution >= 0.6 is 24.0 Å². The number of guanidine groups is 1. The number of hydrogen-bond donors (Lipinski definition) is 2. The Labute approximate surface area is 196 Å². The first-order chi connectivity index (χ1) is 14.4. The summed E-state index contributed by atoms with van der Waals surface area (Å²) in [7, 11) is 1.68. The highest BCUT2D eigenvalue weighted by Gasteiger charge is 2.29. The molecule has 0 radical (unpaired) electrons. The van der Waals surface area contributed by atoms with Crippen molar-refractivity contribution in [1.82, 2.24) is 20.2 Å². The molecule has 2 aromatic carbocycles. The van der Waals surface area contributed by atoms with Gasteiger partial charge in [-0.3, -0.25) is 4.99 Å². The van der Waals surface area contributed by atoms with Crippen LogP contribution in [0.25, 0.3) is 0 Å². The van der Waals surface area contributed by atoms with Gasteiger partial charge in [-0.15, -0.1) is 24.0 Å². The maximum absolute atomic E-state index is 12.6. The molecule has 166 valence electrons. The summed E-state index contributed by atoms with van der Waals surface area (Å²) in [5.41, 5.74) is 2.50. The van der Waals surface area contributed by atoms with Crippen molar-refractivity contribution < 1.29 is 13.2 Å². The Kier molecular flexibility index (Phi) is 9.35. The van der Waals surface area contributed by atoms with Gasteiger partial charge in [0.2, 0.25) is 0 Å². The van der Waals surface area contributed by atoms with Crippen molar-refractivity contribution in [3.05, 3.63) is 89.5 Å². The first kappa shape index (κ1) is 24.7. The van der Waals surface area contributed by atoms with E-state index in [1.165, 1.54) is 17.7 Å². The SMILES string of the molecule is CN=C(NCCc1ccc(C(F)(F)F)cc1)NCc1cccc(Cn2ccnc2)c1.I. The van der Waals surface area contributed by atoms with E-state index in [1.54, 1.807) is 19.6 Å². The van der Waals surface area contributed by atoms with Crippen molar-refractivity contribution in [2.45, 2.75) is 25.7 Å². The van der Waals surface area contributed by atoms with Crippen LogP contribution in [-0.4, -0.2) is 29.1 Å². The molecule has 9 heteroatoms. The van der Waals surface area contributed by atoms with E-state index >= 15 is 0 Å². The number of nitrogens with one attached hydrogen (secondary N) is 2. The van der Waals surface area contributed by atoms with Gasteiger partial charge >= 0.3 is 6.18 Å². The standard InChI is InChI=1S/C22H24F3N5.HI/c1-26-21(28-10-9-17-5-7-20(8-6-17)22(23,24)25)29-14-18-3-2-4-19(13-18)15-30-12-11-27-16-30;/h2-8,11-13,16H,9-10,14-15H2,1H3,(H2,26,28,29);1H. The third-order valence-electron chi connectivity index (χ3n) is 4.59. The molecule has 0 amide bonds. The van der Waals surface area contributed by atoms with E-state index in [4.69, 9.17) is 0 Å². The summed E-state index contributed by atoms with van der Waals surface area (Å²) in [6, 6.07) is 13.5. The molecule has 0 saturated heterocycles. The maximum atomic E-state index is 12.6. The van der Waals surface area contributed by atoms with E-state index in [0.717, 1.165) is 29.8 Å². The lowest BCUT2D eigenvalue weighted by atomic mass is 10.1. The minimum absolute atomic E-state index is 0. The number of aromatic nitrogens is 2. The van der Waals surface area contributed by atoms with Gasteiger partial charge in [0, 0.05) is 39.1 Å². The molecule has 5 nitrogen and oxygen atoms in total. The minimum atomic E-state index is -4.31. The van der Waals surface area contributed by atoms with Crippen LogP contribution in [0.15, 0.2) is 72.2 Å². The van der Waals surface area contributed by atoms with Gasteiger partial charge in [0.15, 0.2) is 5.96 Å². The quantitative estimate of drug-likeness (QED) is 0.263. The van der Waals surface area contributed by atoms with Gasteiger partial charge in [0.25, 0.3) is 0 Å². The second-order valence-electron chi connectivity index (χ2n) is 6.85. The fourth-order valence-corrected chi connectivity index (χ4v) is 3.02. The fraction of sp³-hybridized carbons (Fsp3) is 0.273. The lowest BCUT2D eigenvalue weighted by Crippen LogP contribution is -2.37. The third kappa shape index (κ3) is 7.89. The zero-order valence-corrected chi connectivity index (χ0v) is 19.4. The Bertz CT molecular complexity index is 954. The van der Waals surface area contributed by atoms with E-state index in [9.17, 15) is 13.2 Å². The molecular formula is C22H25F3IN5. The normalized spacial score (nSPS) is 11.7. The largest absolute Gasteiger partial charge is 0.416 e. The Balaban J connectivity index is 0.00000341. The summed E-state index contributed by atoms with van der Waals surface area (Å²) in [4.78, 5) is 8.25. The van der Waals surface area contributed by atoms with E-state index < -0.39 is 11.7 Å². The van der Waals surface area contributed by atoms with Gasteiger partial charge in [0.1, 0.15) is 0 Å². The maximum Gasteiger partial charge on any atom is 0.416 e. The number of halogens is 4. The van der Waals surface area contributed by atoms with E-state index in [-0.39, 0.29) is 24.0 Å². The lowest BCUT2D eigenvalue weighted by molar-refractivity contribution is -0.137. The van der Waals surface area contributed by atoms with Crippen LogP contribution in [0, 0.1) is 0 Å². The molecule has 0 saturated carbocycles. The van der Waals surface area contributed by atoms with Crippen molar-refractivity contribution >= 4 is 29.9 Å². The van der Waals surface area contributed by atoms with Gasteiger partial charge in [-0.25, -0.2) is 4.98 Å². The monoisotopic (exact) mass is 543 g/mol. The second-order valence-corrected chi connectivity index (χ2v) is 6.85. The van der Waals surface area contributed by atoms with Crippen LogP contribution in [0.3, 0.4) is 0 Å². The zero-order valence-electron chi connectivity index (χ0n) is 17.1. The van der Waals surface area contributed by atoms with Gasteiger partial charge in [0.05, 0.1) is 11.9 Å². The second kappa shape index (κ2) is 11.7. The lowest BCUT2D eigenvalue weighted by Gasteiger charge is -2.13. The molecule has 0 aliphatic heterocycles. The van der Waals surface area contributed by atoms with Crippen LogP contribution in [0.5, 0.6) is 0 Å². The average molecular weight is 543 g/mol. The molecule has 2 N–H and O–H groups in total. The van der Waals surface area contributed by atoms with Crippen molar-refractivity contribution in [3.8, 4) is 0 Å². The number of aliphatic imine (C=N–C) groups is 1. The third-order valence-corrected chi connectivity index (χ3v) is 4.59. The van der Waals surface area contributed by atoms with Crippen LogP contribution in [0.1, 0.15) is 22.3 Å². The zero-order chi connectivity index (χ0) is 21.4. The number of imidazole rings is 1. The molecule has 0 fully saturated rings. The molecule has 0 aliphatic carbocycles. The van der Waals surface area contributed by atoms with Gasteiger partial charge in [-0.2, -0.15) is 13.2 Å². The summed E-state index contributed by atoms with van der Waals surface area (Å²) in [5, 5.41) is 6.45. The highest BCUT2D eigenvalue weighted by Crippen LogP contribution is 2.29. The molecule has 0 spiro atoms.